The van der Waals surface area contributed by atoms with Crippen molar-refractivity contribution < 1.29 is 30.0 Å². The molecule has 31 heavy (non-hydrogen) atoms. The molecule has 5 heteroatoms. The van der Waals surface area contributed by atoms with Crippen LogP contribution in [0.2, 0.25) is 0 Å². The summed E-state index contributed by atoms with van der Waals surface area (Å²) in [5.41, 5.74) is 5.71. The number of rotatable bonds is 3. The number of benzene rings is 2. The molecule has 0 amide bonds. The number of thiophene rings is 1. The SMILES string of the molecule is CC(=O)/C=C(/C)O.Cc1[c-]c(-c2cc3sc(-c4ccccc4)cc3cn2)cc(C)c1.[Ir]. The van der Waals surface area contributed by atoms with Crippen LogP contribution in [0.3, 0.4) is 0 Å². The van der Waals surface area contributed by atoms with E-state index in [1.165, 1.54) is 46.0 Å². The number of carbonyl (C=O) groups excluding carboxylic acids is 1. The van der Waals surface area contributed by atoms with E-state index >= 15 is 0 Å². The van der Waals surface area contributed by atoms with E-state index < -0.39 is 0 Å². The molecule has 2 aromatic carbocycles. The summed E-state index contributed by atoms with van der Waals surface area (Å²) in [7, 11) is 0. The van der Waals surface area contributed by atoms with Crippen LogP contribution in [0.5, 0.6) is 0 Å². The second-order valence-electron chi connectivity index (χ2n) is 7.23. The minimum atomic E-state index is -0.125. The molecule has 3 nitrogen and oxygen atoms in total. The topological polar surface area (TPSA) is 50.2 Å². The predicted octanol–water partition coefficient (Wildman–Crippen LogP) is 7.08. The summed E-state index contributed by atoms with van der Waals surface area (Å²) < 4.78 is 1.27. The molecule has 2 aromatic heterocycles. The van der Waals surface area contributed by atoms with Gasteiger partial charge in [0.15, 0.2) is 5.78 Å². The maximum Gasteiger partial charge on any atom is 0.155 e. The Balaban J connectivity index is 0.000000373. The summed E-state index contributed by atoms with van der Waals surface area (Å²) in [6.45, 7) is 7.04. The number of aliphatic hydroxyl groups excluding tert-OH is 1. The van der Waals surface area contributed by atoms with E-state index in [2.05, 4.69) is 73.4 Å². The molecule has 0 bridgehead atoms. The van der Waals surface area contributed by atoms with Crippen LogP contribution in [0, 0.1) is 19.9 Å². The van der Waals surface area contributed by atoms with Crippen molar-refractivity contribution >= 4 is 27.2 Å². The Labute approximate surface area is 200 Å². The number of nitrogens with zero attached hydrogens (tertiary/aromatic N) is 1. The fraction of sp³-hybridized carbons (Fsp3) is 0.154. The molecule has 0 spiro atoms. The third-order valence-corrected chi connectivity index (χ3v) is 5.44. The van der Waals surface area contributed by atoms with Crippen molar-refractivity contribution in [2.24, 2.45) is 0 Å². The molecule has 0 aliphatic heterocycles. The molecule has 4 rings (SSSR count). The van der Waals surface area contributed by atoms with Gasteiger partial charge in [0.1, 0.15) is 0 Å². The summed E-state index contributed by atoms with van der Waals surface area (Å²) in [4.78, 5) is 15.9. The molecule has 1 N–H and O–H groups in total. The van der Waals surface area contributed by atoms with E-state index in [1.54, 1.807) is 0 Å². The van der Waals surface area contributed by atoms with Crippen molar-refractivity contribution in [2.75, 3.05) is 0 Å². The zero-order chi connectivity index (χ0) is 21.7. The first-order valence-electron chi connectivity index (χ1n) is 9.65. The molecule has 0 atom stereocenters. The Hall–Kier alpha value is -2.59. The number of fused-ring (bicyclic) bond motifs is 1. The number of aliphatic hydroxyl groups is 1. The smallest absolute Gasteiger partial charge is 0.155 e. The van der Waals surface area contributed by atoms with Gasteiger partial charge >= 0.3 is 0 Å². The standard InChI is InChI=1S/C21H16NS.C5H8O2.Ir/c1-14-8-15(2)10-17(9-14)19-12-21-18(13-22-19)11-20(23-21)16-6-4-3-5-7-16;1-4(6)3-5(2)7;/h3-9,11-13H,1-2H3;3,6H,1-2H3;/q-1;;/b;4-3-;. The Bertz CT molecular complexity index is 1190. The third-order valence-electron chi connectivity index (χ3n) is 4.30. The van der Waals surface area contributed by atoms with Crippen molar-refractivity contribution in [3.8, 4) is 21.7 Å². The summed E-state index contributed by atoms with van der Waals surface area (Å²) in [6, 6.07) is 22.6. The number of ketones is 1. The Morgan fingerprint density at radius 1 is 1.06 bits per heavy atom. The summed E-state index contributed by atoms with van der Waals surface area (Å²) >= 11 is 1.81. The fourth-order valence-corrected chi connectivity index (χ4v) is 4.23. The van der Waals surface area contributed by atoms with Gasteiger partial charge in [-0.2, -0.15) is 0 Å². The van der Waals surface area contributed by atoms with Crippen LogP contribution in [0.15, 0.2) is 72.6 Å². The molecule has 4 aromatic rings. The molecule has 2 heterocycles. The van der Waals surface area contributed by atoms with Crippen molar-refractivity contribution in [1.29, 1.82) is 0 Å². The van der Waals surface area contributed by atoms with Gasteiger partial charge in [-0.05, 0) is 31.2 Å². The minimum absolute atomic E-state index is 0. The van der Waals surface area contributed by atoms with Gasteiger partial charge < -0.3 is 10.1 Å². The largest absolute Gasteiger partial charge is 0.512 e. The van der Waals surface area contributed by atoms with Gasteiger partial charge in [0, 0.05) is 47.3 Å². The number of hydrogen-bond acceptors (Lipinski definition) is 4. The normalized spacial score (nSPS) is 10.8. The molecular weight excluding hydrogens is 583 g/mol. The van der Waals surface area contributed by atoms with E-state index in [0.717, 1.165) is 16.8 Å². The number of hydrogen-bond donors (Lipinski definition) is 1. The van der Waals surface area contributed by atoms with Crippen LogP contribution in [-0.4, -0.2) is 15.9 Å². The van der Waals surface area contributed by atoms with Gasteiger partial charge in [-0.3, -0.25) is 4.79 Å². The predicted molar refractivity (Wildman–Crippen MR) is 126 cm³/mol. The maximum atomic E-state index is 10.0. The average Bonchev–Trinajstić information content (AvgIpc) is 3.11. The Morgan fingerprint density at radius 3 is 2.35 bits per heavy atom. The number of pyridine rings is 1. The van der Waals surface area contributed by atoms with Crippen LogP contribution < -0.4 is 0 Å². The summed E-state index contributed by atoms with van der Waals surface area (Å²) in [5, 5.41) is 9.56. The first-order valence-corrected chi connectivity index (χ1v) is 10.5. The van der Waals surface area contributed by atoms with Crippen molar-refractivity contribution in [2.45, 2.75) is 27.7 Å². The minimum Gasteiger partial charge on any atom is -0.512 e. The first-order chi connectivity index (χ1) is 14.3. The monoisotopic (exact) mass is 607 g/mol. The van der Waals surface area contributed by atoms with Crippen LogP contribution in [0.4, 0.5) is 0 Å². The second-order valence-corrected chi connectivity index (χ2v) is 8.32. The first kappa shape index (κ1) is 24.7. The Kier molecular flexibility index (Phi) is 8.87. The quantitative estimate of drug-likeness (QED) is 0.154. The van der Waals surface area contributed by atoms with Crippen molar-refractivity contribution in [3.05, 3.63) is 89.8 Å². The van der Waals surface area contributed by atoms with Crippen LogP contribution >= 0.6 is 11.3 Å². The number of allylic oxidation sites excluding steroid dienone is 2. The van der Waals surface area contributed by atoms with Gasteiger partial charge in [0.05, 0.1) is 5.76 Å². The summed E-state index contributed by atoms with van der Waals surface area (Å²) in [5.74, 6) is -0.0625. The van der Waals surface area contributed by atoms with E-state index in [1.807, 2.05) is 23.6 Å². The number of carbonyl (C=O) groups is 1. The molecule has 0 unspecified atom stereocenters. The number of aryl methyl sites for hydroxylation is 2. The van der Waals surface area contributed by atoms with E-state index in [-0.39, 0.29) is 31.6 Å². The Morgan fingerprint density at radius 2 is 1.77 bits per heavy atom. The van der Waals surface area contributed by atoms with Crippen LogP contribution in [0.25, 0.3) is 31.8 Å². The molecule has 0 saturated carbocycles. The zero-order valence-electron chi connectivity index (χ0n) is 17.9. The van der Waals surface area contributed by atoms with E-state index in [9.17, 15) is 4.79 Å². The second kappa shape index (κ2) is 11.1. The van der Waals surface area contributed by atoms with E-state index in [4.69, 9.17) is 5.11 Å². The molecule has 0 saturated heterocycles. The molecular formula is C26H24IrNO2S-. The molecule has 0 fully saturated rings. The van der Waals surface area contributed by atoms with Gasteiger partial charge in [-0.15, -0.1) is 46.2 Å². The third kappa shape index (κ3) is 6.96. The van der Waals surface area contributed by atoms with Gasteiger partial charge in [0.25, 0.3) is 0 Å². The van der Waals surface area contributed by atoms with Crippen LogP contribution in [-0.2, 0) is 24.9 Å². The van der Waals surface area contributed by atoms with Crippen molar-refractivity contribution in [1.82, 2.24) is 4.98 Å². The molecule has 0 aliphatic carbocycles. The van der Waals surface area contributed by atoms with Gasteiger partial charge in [-0.25, -0.2) is 0 Å². The molecule has 1 radical (unpaired) electrons. The zero-order valence-corrected chi connectivity index (χ0v) is 21.1. The van der Waals surface area contributed by atoms with Crippen LogP contribution in [0.1, 0.15) is 25.0 Å². The van der Waals surface area contributed by atoms with Gasteiger partial charge in [0.2, 0.25) is 0 Å². The summed E-state index contributed by atoms with van der Waals surface area (Å²) in [6.07, 6.45) is 3.14. The maximum absolute atomic E-state index is 10.0. The number of aromatic nitrogens is 1. The van der Waals surface area contributed by atoms with Crippen molar-refractivity contribution in [3.63, 3.8) is 0 Å². The average molecular weight is 607 g/mol. The molecule has 161 valence electrons. The van der Waals surface area contributed by atoms with Gasteiger partial charge in [-0.1, -0.05) is 50.2 Å². The van der Waals surface area contributed by atoms with E-state index in [0.29, 0.717) is 0 Å². The molecule has 0 aliphatic rings. The fourth-order valence-electron chi connectivity index (χ4n) is 3.15.